The van der Waals surface area contributed by atoms with Crippen molar-refractivity contribution in [1.29, 1.82) is 0 Å². The standard InChI is InChI=1S/C14H27N3O3/c1-14(2,3)11(12(18)19)16-13(20)15-7-6-10-17-8-4-5-9-17/h11H,4-10H2,1-3H3,(H,18,19)(H2,15,16,20)/t11-/m1/s1. The Kier molecular flexibility index (Phi) is 6.26. The molecule has 6 heteroatoms. The number of urea groups is 1. The molecule has 1 heterocycles. The van der Waals surface area contributed by atoms with Gasteiger partial charge >= 0.3 is 12.0 Å². The maximum Gasteiger partial charge on any atom is 0.326 e. The molecule has 0 bridgehead atoms. The molecule has 0 unspecified atom stereocenters. The first-order valence-corrected chi connectivity index (χ1v) is 7.30. The van der Waals surface area contributed by atoms with Gasteiger partial charge in [-0.15, -0.1) is 0 Å². The number of hydrogen-bond acceptors (Lipinski definition) is 3. The Hall–Kier alpha value is -1.30. The minimum absolute atomic E-state index is 0.409. The van der Waals surface area contributed by atoms with Crippen LogP contribution in [-0.2, 0) is 4.79 Å². The third-order valence-electron chi connectivity index (χ3n) is 3.52. The molecule has 1 saturated heterocycles. The Bertz CT molecular complexity index is 333. The van der Waals surface area contributed by atoms with Crippen LogP contribution in [0.25, 0.3) is 0 Å². The monoisotopic (exact) mass is 285 g/mol. The van der Waals surface area contributed by atoms with Crippen LogP contribution in [0.4, 0.5) is 4.79 Å². The van der Waals surface area contributed by atoms with Gasteiger partial charge in [0, 0.05) is 6.54 Å². The highest BCUT2D eigenvalue weighted by atomic mass is 16.4. The summed E-state index contributed by atoms with van der Waals surface area (Å²) in [5.74, 6) is -1.01. The first-order chi connectivity index (χ1) is 9.30. The lowest BCUT2D eigenvalue weighted by atomic mass is 9.87. The molecule has 20 heavy (non-hydrogen) atoms. The molecule has 6 nitrogen and oxygen atoms in total. The Morgan fingerprint density at radius 3 is 2.35 bits per heavy atom. The smallest absolute Gasteiger partial charge is 0.326 e. The summed E-state index contributed by atoms with van der Waals surface area (Å²) in [4.78, 5) is 25.2. The van der Waals surface area contributed by atoms with Gasteiger partial charge in [0.2, 0.25) is 0 Å². The predicted octanol–water partition coefficient (Wildman–Crippen LogP) is 1.27. The molecule has 2 amide bonds. The molecule has 0 spiro atoms. The minimum atomic E-state index is -1.01. The van der Waals surface area contributed by atoms with Crippen LogP contribution < -0.4 is 10.6 Å². The highest BCUT2D eigenvalue weighted by Crippen LogP contribution is 2.19. The van der Waals surface area contributed by atoms with E-state index in [2.05, 4.69) is 15.5 Å². The van der Waals surface area contributed by atoms with Crippen LogP contribution >= 0.6 is 0 Å². The number of carbonyl (C=O) groups is 2. The van der Waals surface area contributed by atoms with E-state index in [0.29, 0.717) is 6.54 Å². The average Bonchev–Trinajstić information content (AvgIpc) is 2.83. The molecular formula is C14H27N3O3. The molecule has 1 aliphatic rings. The number of hydrogen-bond donors (Lipinski definition) is 3. The van der Waals surface area contributed by atoms with E-state index < -0.39 is 23.5 Å². The average molecular weight is 285 g/mol. The lowest BCUT2D eigenvalue weighted by Gasteiger charge is -2.27. The van der Waals surface area contributed by atoms with Crippen molar-refractivity contribution >= 4 is 12.0 Å². The summed E-state index contributed by atoms with van der Waals surface area (Å²) in [6, 6.07) is -1.30. The number of nitrogens with zero attached hydrogens (tertiary/aromatic N) is 1. The first kappa shape index (κ1) is 16.8. The quantitative estimate of drug-likeness (QED) is 0.642. The summed E-state index contributed by atoms with van der Waals surface area (Å²) >= 11 is 0. The topological polar surface area (TPSA) is 81.7 Å². The van der Waals surface area contributed by atoms with Crippen molar-refractivity contribution in [2.45, 2.75) is 46.1 Å². The molecule has 0 radical (unpaired) electrons. The van der Waals surface area contributed by atoms with Gasteiger partial charge in [-0.3, -0.25) is 0 Å². The van der Waals surface area contributed by atoms with Crippen molar-refractivity contribution < 1.29 is 14.7 Å². The van der Waals surface area contributed by atoms with E-state index >= 15 is 0 Å². The van der Waals surface area contributed by atoms with Gasteiger partial charge in [-0.2, -0.15) is 0 Å². The van der Waals surface area contributed by atoms with Gasteiger partial charge in [-0.05, 0) is 44.3 Å². The molecule has 1 atom stereocenters. The molecule has 1 fully saturated rings. The second kappa shape index (κ2) is 7.47. The third kappa shape index (κ3) is 5.77. The Labute approximate surface area is 120 Å². The van der Waals surface area contributed by atoms with Crippen molar-refractivity contribution in [2.75, 3.05) is 26.2 Å². The number of nitrogens with one attached hydrogen (secondary N) is 2. The maximum absolute atomic E-state index is 11.7. The largest absolute Gasteiger partial charge is 0.480 e. The maximum atomic E-state index is 11.7. The second-order valence-electron chi connectivity index (χ2n) is 6.44. The van der Waals surface area contributed by atoms with E-state index in [9.17, 15) is 9.59 Å². The normalized spacial score (nSPS) is 17.8. The number of aliphatic carboxylic acids is 1. The molecule has 116 valence electrons. The van der Waals surface area contributed by atoms with Gasteiger partial charge in [0.15, 0.2) is 0 Å². The van der Waals surface area contributed by atoms with Gasteiger partial charge in [0.05, 0.1) is 0 Å². The van der Waals surface area contributed by atoms with E-state index in [1.165, 1.54) is 12.8 Å². The van der Waals surface area contributed by atoms with Crippen molar-refractivity contribution in [3.05, 3.63) is 0 Å². The molecule has 0 aromatic carbocycles. The van der Waals surface area contributed by atoms with E-state index in [4.69, 9.17) is 5.11 Å². The molecule has 1 aliphatic heterocycles. The third-order valence-corrected chi connectivity index (χ3v) is 3.52. The predicted molar refractivity (Wildman–Crippen MR) is 77.7 cm³/mol. The van der Waals surface area contributed by atoms with Crippen molar-refractivity contribution in [3.63, 3.8) is 0 Å². The van der Waals surface area contributed by atoms with Gasteiger partial charge in [0.25, 0.3) is 0 Å². The molecule has 0 aliphatic carbocycles. The molecule has 0 aromatic heterocycles. The highest BCUT2D eigenvalue weighted by molar-refractivity contribution is 5.83. The summed E-state index contributed by atoms with van der Waals surface area (Å²) in [6.07, 6.45) is 3.42. The minimum Gasteiger partial charge on any atom is -0.480 e. The molecule has 1 rings (SSSR count). The summed E-state index contributed by atoms with van der Waals surface area (Å²) < 4.78 is 0. The zero-order valence-corrected chi connectivity index (χ0v) is 12.7. The number of rotatable bonds is 6. The Morgan fingerprint density at radius 1 is 1.25 bits per heavy atom. The van der Waals surface area contributed by atoms with E-state index in [-0.39, 0.29) is 0 Å². The first-order valence-electron chi connectivity index (χ1n) is 7.30. The highest BCUT2D eigenvalue weighted by Gasteiger charge is 2.32. The lowest BCUT2D eigenvalue weighted by molar-refractivity contribution is -0.141. The van der Waals surface area contributed by atoms with Crippen LogP contribution in [0.3, 0.4) is 0 Å². The summed E-state index contributed by atoms with van der Waals surface area (Å²) in [5.41, 5.74) is -0.515. The van der Waals surface area contributed by atoms with Crippen LogP contribution in [0.5, 0.6) is 0 Å². The number of amides is 2. The van der Waals surface area contributed by atoms with E-state index in [1.54, 1.807) is 20.8 Å². The second-order valence-corrected chi connectivity index (χ2v) is 6.44. The van der Waals surface area contributed by atoms with Gasteiger partial charge in [-0.25, -0.2) is 9.59 Å². The van der Waals surface area contributed by atoms with Crippen molar-refractivity contribution in [1.82, 2.24) is 15.5 Å². The van der Waals surface area contributed by atoms with Crippen LogP contribution in [0.1, 0.15) is 40.0 Å². The molecule has 0 aromatic rings. The summed E-state index contributed by atoms with van der Waals surface area (Å²) in [7, 11) is 0. The van der Waals surface area contributed by atoms with E-state index in [0.717, 1.165) is 26.1 Å². The Morgan fingerprint density at radius 2 is 1.85 bits per heavy atom. The van der Waals surface area contributed by atoms with Gasteiger partial charge in [0.1, 0.15) is 6.04 Å². The fourth-order valence-electron chi connectivity index (χ4n) is 2.34. The Balaban J connectivity index is 2.22. The number of carboxylic acids is 1. The van der Waals surface area contributed by atoms with Crippen molar-refractivity contribution in [3.8, 4) is 0 Å². The number of carbonyl (C=O) groups excluding carboxylic acids is 1. The zero-order chi connectivity index (χ0) is 15.2. The molecule has 3 N–H and O–H groups in total. The fraction of sp³-hybridized carbons (Fsp3) is 0.857. The summed E-state index contributed by atoms with van der Waals surface area (Å²) in [5, 5.41) is 14.4. The lowest BCUT2D eigenvalue weighted by Crippen LogP contribution is -2.52. The fourth-order valence-corrected chi connectivity index (χ4v) is 2.34. The van der Waals surface area contributed by atoms with Gasteiger partial charge in [-0.1, -0.05) is 20.8 Å². The molecular weight excluding hydrogens is 258 g/mol. The van der Waals surface area contributed by atoms with E-state index in [1.807, 2.05) is 0 Å². The van der Waals surface area contributed by atoms with Crippen LogP contribution in [0, 0.1) is 5.41 Å². The zero-order valence-electron chi connectivity index (χ0n) is 12.7. The van der Waals surface area contributed by atoms with Crippen LogP contribution in [0.15, 0.2) is 0 Å². The van der Waals surface area contributed by atoms with Crippen LogP contribution in [-0.4, -0.2) is 54.2 Å². The SMILES string of the molecule is CC(C)(C)[C@H](NC(=O)NCCCN1CCCC1)C(=O)O. The van der Waals surface area contributed by atoms with Gasteiger partial charge < -0.3 is 20.6 Å². The number of likely N-dealkylation sites (tertiary alicyclic amines) is 1. The van der Waals surface area contributed by atoms with Crippen LogP contribution in [0.2, 0.25) is 0 Å². The molecule has 0 saturated carbocycles. The summed E-state index contributed by atoms with van der Waals surface area (Å²) in [6.45, 7) is 9.23. The van der Waals surface area contributed by atoms with Crippen molar-refractivity contribution in [2.24, 2.45) is 5.41 Å². The number of carboxylic acid groups (broad SMARTS) is 1.